The molecule has 270 valence electrons. The van der Waals surface area contributed by atoms with E-state index in [1.165, 1.54) is 6.33 Å². The van der Waals surface area contributed by atoms with Crippen molar-refractivity contribution < 1.29 is 28.2 Å². The topological polar surface area (TPSA) is 133 Å². The predicted octanol–water partition coefficient (Wildman–Crippen LogP) is 3.98. The van der Waals surface area contributed by atoms with Crippen molar-refractivity contribution in [3.8, 4) is 17.4 Å². The Balaban J connectivity index is 1.41. The summed E-state index contributed by atoms with van der Waals surface area (Å²) in [6, 6.07) is 2.39. The Bertz CT molecular complexity index is 1430. The first-order valence-electron chi connectivity index (χ1n) is 17.4. The van der Waals surface area contributed by atoms with Gasteiger partial charge in [-0.1, -0.05) is 13.8 Å². The molecule has 49 heavy (non-hydrogen) atoms. The molecule has 1 spiro atoms. The fourth-order valence-electron chi connectivity index (χ4n) is 7.02. The van der Waals surface area contributed by atoms with Gasteiger partial charge in [0.1, 0.15) is 12.1 Å². The highest BCUT2D eigenvalue weighted by atomic mass is 19.1. The van der Waals surface area contributed by atoms with Gasteiger partial charge in [-0.15, -0.1) is 10.2 Å². The fraction of sp³-hybridized carbons (Fsp3) is 0.657. The zero-order valence-corrected chi connectivity index (χ0v) is 30.1. The van der Waals surface area contributed by atoms with Crippen LogP contribution >= 0.6 is 0 Å². The molecule has 3 heterocycles. The molecule has 1 aromatic carbocycles. The first-order chi connectivity index (χ1) is 23.4. The maximum atomic E-state index is 14.7. The van der Waals surface area contributed by atoms with Gasteiger partial charge in [-0.2, -0.15) is 0 Å². The minimum Gasteiger partial charge on any atom is -0.430 e. The molecule has 0 saturated carbocycles. The number of anilines is 1. The minimum atomic E-state index is -0.745. The van der Waals surface area contributed by atoms with Crippen LogP contribution in [-0.2, 0) is 9.59 Å². The van der Waals surface area contributed by atoms with Gasteiger partial charge in [-0.05, 0) is 71.5 Å². The number of carbonyl (C=O) groups excluding carboxylic acids is 3. The summed E-state index contributed by atoms with van der Waals surface area (Å²) in [5.41, 5.74) is 0.0137. The standard InChI is InChI=1S/C35H53FN8O5/c1-8-44(25(4)5)34(47)27-17-26(36)18-29(48-23-45)31(27)49-33-32(38-22-39-40-33)42-16-13-35(19-42)20-43(21-35)28(24(2)3)11-9-14-37-15-10-12-30(46)41(6)7/h17-18,22-25,28,37H,8-16,19-21H2,1-7H3/t28-/m1/s1. The number of hydrogen-bond donors (Lipinski definition) is 1. The van der Waals surface area contributed by atoms with Crippen molar-refractivity contribution in [1.82, 2.24) is 35.2 Å². The fourth-order valence-corrected chi connectivity index (χ4v) is 7.02. The number of ether oxygens (including phenoxy) is 2. The Hall–Kier alpha value is -3.91. The molecule has 14 heteroatoms. The van der Waals surface area contributed by atoms with Crippen molar-refractivity contribution in [2.24, 2.45) is 11.3 Å². The number of nitrogens with one attached hydrogen (secondary N) is 1. The number of aromatic nitrogens is 3. The molecule has 13 nitrogen and oxygen atoms in total. The van der Waals surface area contributed by atoms with Crippen molar-refractivity contribution in [3.63, 3.8) is 0 Å². The van der Waals surface area contributed by atoms with Crippen molar-refractivity contribution in [3.05, 3.63) is 29.8 Å². The van der Waals surface area contributed by atoms with Crippen LogP contribution < -0.4 is 19.7 Å². The largest absolute Gasteiger partial charge is 0.430 e. The van der Waals surface area contributed by atoms with Crippen molar-refractivity contribution in [2.75, 3.05) is 64.8 Å². The van der Waals surface area contributed by atoms with Gasteiger partial charge in [0.15, 0.2) is 17.3 Å². The second kappa shape index (κ2) is 17.1. The average Bonchev–Trinajstić information content (AvgIpc) is 3.49. The first kappa shape index (κ1) is 37.9. The highest BCUT2D eigenvalue weighted by molar-refractivity contribution is 5.98. The summed E-state index contributed by atoms with van der Waals surface area (Å²) in [6.07, 6.45) is 5.91. The third-order valence-corrected chi connectivity index (χ3v) is 9.57. The number of halogens is 1. The second-order valence-electron chi connectivity index (χ2n) is 14.0. The Morgan fingerprint density at radius 2 is 1.86 bits per heavy atom. The number of hydrogen-bond acceptors (Lipinski definition) is 11. The van der Waals surface area contributed by atoms with Crippen molar-refractivity contribution in [1.29, 1.82) is 0 Å². The van der Waals surface area contributed by atoms with Crippen LogP contribution in [0.1, 0.15) is 77.1 Å². The Kier molecular flexibility index (Phi) is 13.3. The number of benzene rings is 1. The van der Waals surface area contributed by atoms with Gasteiger partial charge in [-0.25, -0.2) is 9.37 Å². The van der Waals surface area contributed by atoms with Crippen LogP contribution in [0.3, 0.4) is 0 Å². The monoisotopic (exact) mass is 684 g/mol. The smallest absolute Gasteiger partial charge is 0.298 e. The highest BCUT2D eigenvalue weighted by Gasteiger charge is 2.50. The molecule has 2 amide bonds. The summed E-state index contributed by atoms with van der Waals surface area (Å²) < 4.78 is 25.9. The molecule has 2 fully saturated rings. The van der Waals surface area contributed by atoms with Crippen LogP contribution in [-0.4, -0.2) is 120 Å². The quantitative estimate of drug-likeness (QED) is 0.181. The molecule has 1 N–H and O–H groups in total. The molecule has 2 aliphatic rings. The molecule has 2 saturated heterocycles. The van der Waals surface area contributed by atoms with Crippen molar-refractivity contribution >= 4 is 24.1 Å². The lowest BCUT2D eigenvalue weighted by molar-refractivity contribution is -0.128. The summed E-state index contributed by atoms with van der Waals surface area (Å²) in [5, 5.41) is 11.6. The maximum Gasteiger partial charge on any atom is 0.298 e. The highest BCUT2D eigenvalue weighted by Crippen LogP contribution is 2.45. The zero-order chi connectivity index (χ0) is 35.7. The third-order valence-electron chi connectivity index (χ3n) is 9.57. The van der Waals surface area contributed by atoms with Gasteiger partial charge >= 0.3 is 0 Å². The zero-order valence-electron chi connectivity index (χ0n) is 30.1. The van der Waals surface area contributed by atoms with E-state index in [4.69, 9.17) is 9.47 Å². The van der Waals surface area contributed by atoms with E-state index in [-0.39, 0.29) is 46.8 Å². The number of rotatable bonds is 18. The SMILES string of the molecule is CCN(C(=O)c1cc(F)cc(OC=O)c1Oc1nncnc1N1CCC2(C1)CN([C@H](CCCNCCCC(=O)N(C)C)C(C)C)C2)C(C)C. The van der Waals surface area contributed by atoms with Crippen molar-refractivity contribution in [2.45, 2.75) is 78.8 Å². The van der Waals surface area contributed by atoms with Gasteiger partial charge in [0.25, 0.3) is 18.3 Å². The van der Waals surface area contributed by atoms with Crippen LogP contribution in [0.5, 0.6) is 17.4 Å². The molecular formula is C35H53FN8O5. The molecule has 2 aromatic rings. The van der Waals surface area contributed by atoms with Gasteiger partial charge in [0, 0.05) is 76.8 Å². The Labute approximate surface area is 289 Å². The molecule has 4 rings (SSSR count). The van der Waals surface area contributed by atoms with Crippen LogP contribution in [0.4, 0.5) is 10.2 Å². The number of amides is 2. The van der Waals surface area contributed by atoms with Crippen LogP contribution in [0.25, 0.3) is 0 Å². The van der Waals surface area contributed by atoms with Gasteiger partial charge in [0.05, 0.1) is 5.56 Å². The average molecular weight is 685 g/mol. The summed E-state index contributed by atoms with van der Waals surface area (Å²) in [6.45, 7) is 15.9. The van der Waals surface area contributed by atoms with E-state index in [0.29, 0.717) is 30.7 Å². The van der Waals surface area contributed by atoms with E-state index in [1.54, 1.807) is 23.9 Å². The molecular weight excluding hydrogens is 631 g/mol. The molecule has 1 aromatic heterocycles. The van der Waals surface area contributed by atoms with Gasteiger partial charge in [-0.3, -0.25) is 19.3 Å². The van der Waals surface area contributed by atoms with E-state index in [1.807, 2.05) is 20.8 Å². The number of carbonyl (C=O) groups is 3. The van der Waals surface area contributed by atoms with Crippen LogP contribution in [0, 0.1) is 17.2 Å². The Morgan fingerprint density at radius 3 is 2.51 bits per heavy atom. The number of likely N-dealkylation sites (tertiary alicyclic amines) is 1. The molecule has 0 radical (unpaired) electrons. The molecule has 2 aliphatic heterocycles. The first-order valence-corrected chi connectivity index (χ1v) is 17.4. The second-order valence-corrected chi connectivity index (χ2v) is 14.0. The molecule has 0 bridgehead atoms. The molecule has 0 aliphatic carbocycles. The lowest BCUT2D eigenvalue weighted by Gasteiger charge is -2.53. The van der Waals surface area contributed by atoms with E-state index in [0.717, 1.165) is 77.1 Å². The minimum absolute atomic E-state index is 0.0402. The third kappa shape index (κ3) is 9.41. The number of nitrogens with zero attached hydrogens (tertiary/aromatic N) is 7. The lowest BCUT2D eigenvalue weighted by Crippen LogP contribution is -2.62. The normalized spacial score (nSPS) is 16.2. The van der Waals surface area contributed by atoms with Gasteiger partial charge in [0.2, 0.25) is 5.91 Å². The van der Waals surface area contributed by atoms with Gasteiger partial charge < -0.3 is 29.5 Å². The van der Waals surface area contributed by atoms with E-state index in [2.05, 4.69) is 44.1 Å². The van der Waals surface area contributed by atoms with Crippen LogP contribution in [0.2, 0.25) is 0 Å². The molecule has 1 atom stereocenters. The lowest BCUT2D eigenvalue weighted by atomic mass is 9.76. The van der Waals surface area contributed by atoms with E-state index < -0.39 is 11.7 Å². The summed E-state index contributed by atoms with van der Waals surface area (Å²) in [7, 11) is 3.58. The Morgan fingerprint density at radius 1 is 1.12 bits per heavy atom. The summed E-state index contributed by atoms with van der Waals surface area (Å²) >= 11 is 0. The van der Waals surface area contributed by atoms with E-state index in [9.17, 15) is 18.8 Å². The maximum absolute atomic E-state index is 14.7. The van der Waals surface area contributed by atoms with E-state index >= 15 is 0 Å². The summed E-state index contributed by atoms with van der Waals surface area (Å²) in [4.78, 5) is 49.1. The summed E-state index contributed by atoms with van der Waals surface area (Å²) in [5.74, 6) is -0.395. The van der Waals surface area contributed by atoms with Crippen LogP contribution in [0.15, 0.2) is 18.5 Å². The molecule has 0 unspecified atom stereocenters. The predicted molar refractivity (Wildman–Crippen MR) is 184 cm³/mol.